The van der Waals surface area contributed by atoms with Crippen LogP contribution in [0.3, 0.4) is 0 Å². The highest BCUT2D eigenvalue weighted by atomic mass is 16.1. The summed E-state index contributed by atoms with van der Waals surface area (Å²) < 4.78 is 1.99. The number of likely N-dealkylation sites (tertiary alicyclic amines) is 1. The zero-order chi connectivity index (χ0) is 21.6. The Hall–Kier alpha value is -2.10. The van der Waals surface area contributed by atoms with E-state index in [0.29, 0.717) is 11.3 Å². The normalized spacial score (nSPS) is 20.2. The van der Waals surface area contributed by atoms with Gasteiger partial charge in [-0.15, -0.1) is 0 Å². The van der Waals surface area contributed by atoms with Crippen molar-refractivity contribution in [3.05, 3.63) is 42.4 Å². The van der Waals surface area contributed by atoms with Gasteiger partial charge in [0.25, 0.3) is 0 Å². The molecule has 1 spiro atoms. The zero-order valence-corrected chi connectivity index (χ0v) is 19.3. The fourth-order valence-corrected chi connectivity index (χ4v) is 4.90. The van der Waals surface area contributed by atoms with Crippen LogP contribution in [0, 0.1) is 11.3 Å². The van der Waals surface area contributed by atoms with Crippen LogP contribution in [0.1, 0.15) is 77.2 Å². The highest BCUT2D eigenvalue weighted by molar-refractivity contribution is 5.59. The first kappa shape index (κ1) is 22.6. The number of carbonyl (C=O) groups is 1. The molecule has 2 aliphatic carbocycles. The minimum Gasteiger partial charge on any atom is -0.344 e. The summed E-state index contributed by atoms with van der Waals surface area (Å²) in [6.07, 6.45) is 14.3. The predicted octanol–water partition coefficient (Wildman–Crippen LogP) is 6.04. The van der Waals surface area contributed by atoms with Crippen LogP contribution in [-0.2, 0) is 11.8 Å². The number of hydrogen-bond donors (Lipinski definition) is 0. The molecular weight excluding hydrogens is 370 g/mol. The van der Waals surface area contributed by atoms with Gasteiger partial charge in [-0.05, 0) is 49.1 Å². The van der Waals surface area contributed by atoms with Crippen molar-refractivity contribution in [3.8, 4) is 11.3 Å². The summed E-state index contributed by atoms with van der Waals surface area (Å²) in [7, 11) is 2.00. The Kier molecular flexibility index (Phi) is 7.74. The maximum absolute atomic E-state index is 10.8. The van der Waals surface area contributed by atoms with E-state index < -0.39 is 0 Å². The van der Waals surface area contributed by atoms with Crippen molar-refractivity contribution in [3.63, 3.8) is 0 Å². The molecule has 1 aromatic heterocycles. The zero-order valence-electron chi connectivity index (χ0n) is 19.3. The summed E-state index contributed by atoms with van der Waals surface area (Å²) in [6.45, 7) is 8.25. The number of carbonyl (C=O) groups excluding carboxylic acids is 1. The lowest BCUT2D eigenvalue weighted by molar-refractivity contribution is -0.131. The first-order valence-corrected chi connectivity index (χ1v) is 11.8. The lowest BCUT2D eigenvalue weighted by Crippen LogP contribution is -2.56. The summed E-state index contributed by atoms with van der Waals surface area (Å²) >= 11 is 0. The number of imidazole rings is 1. The van der Waals surface area contributed by atoms with Gasteiger partial charge in [0.1, 0.15) is 0 Å². The summed E-state index contributed by atoms with van der Waals surface area (Å²) in [6, 6.07) is 8.86. The third kappa shape index (κ3) is 5.33. The Balaban J connectivity index is 0.000000316. The number of amides is 1. The van der Waals surface area contributed by atoms with Gasteiger partial charge in [0, 0.05) is 37.3 Å². The number of benzene rings is 1. The number of aryl methyl sites for hydroxylation is 1. The monoisotopic (exact) mass is 409 g/mol. The molecule has 3 aliphatic rings. The largest absolute Gasteiger partial charge is 0.344 e. The Bertz CT molecular complexity index is 792. The molecule has 0 atom stereocenters. The van der Waals surface area contributed by atoms with Gasteiger partial charge in [-0.3, -0.25) is 4.79 Å². The van der Waals surface area contributed by atoms with E-state index >= 15 is 0 Å². The second-order valence-corrected chi connectivity index (χ2v) is 9.37. The van der Waals surface area contributed by atoms with Crippen LogP contribution in [0.4, 0.5) is 0 Å². The number of rotatable bonds is 3. The molecule has 1 amide bonds. The lowest BCUT2D eigenvalue weighted by atomic mass is 9.65. The molecule has 1 aliphatic heterocycles. The third-order valence-electron chi connectivity index (χ3n) is 7.02. The Morgan fingerprint density at radius 1 is 1.10 bits per heavy atom. The number of nitrogens with zero attached hydrogens (tertiary/aromatic N) is 3. The molecule has 3 fully saturated rings. The van der Waals surface area contributed by atoms with E-state index in [-0.39, 0.29) is 0 Å². The molecule has 4 nitrogen and oxygen atoms in total. The van der Waals surface area contributed by atoms with E-state index in [0.717, 1.165) is 31.1 Å². The summed E-state index contributed by atoms with van der Waals surface area (Å²) in [5, 5.41) is 0. The van der Waals surface area contributed by atoms with Crippen LogP contribution in [0.25, 0.3) is 11.3 Å². The highest BCUT2D eigenvalue weighted by Crippen LogP contribution is 2.48. The van der Waals surface area contributed by atoms with Crippen molar-refractivity contribution in [1.29, 1.82) is 0 Å². The van der Waals surface area contributed by atoms with Gasteiger partial charge in [-0.25, -0.2) is 4.98 Å². The molecule has 0 N–H and O–H groups in total. The van der Waals surface area contributed by atoms with Crippen LogP contribution >= 0.6 is 0 Å². The van der Waals surface area contributed by atoms with Crippen molar-refractivity contribution < 1.29 is 4.79 Å². The van der Waals surface area contributed by atoms with Crippen molar-refractivity contribution in [2.24, 2.45) is 18.4 Å². The SMILES string of the molecule is CC.CC1CCC1.Cn1cnc(-c2cccc(C3CCC4(CC3)CN(C=O)C4)c2)c1. The van der Waals surface area contributed by atoms with Crippen LogP contribution in [-0.4, -0.2) is 34.0 Å². The summed E-state index contributed by atoms with van der Waals surface area (Å²) in [5.41, 5.74) is 4.12. The molecule has 1 saturated heterocycles. The average molecular weight is 410 g/mol. The van der Waals surface area contributed by atoms with Gasteiger partial charge in [-0.1, -0.05) is 58.2 Å². The lowest BCUT2D eigenvalue weighted by Gasteiger charge is -2.52. The van der Waals surface area contributed by atoms with E-state index in [4.69, 9.17) is 0 Å². The molecule has 2 heterocycles. The Labute approximate surface area is 182 Å². The van der Waals surface area contributed by atoms with E-state index in [1.165, 1.54) is 56.1 Å². The number of hydrogen-bond acceptors (Lipinski definition) is 2. The molecule has 5 rings (SSSR count). The first-order chi connectivity index (χ1) is 14.6. The molecular formula is C26H39N3O. The smallest absolute Gasteiger partial charge is 0.209 e. The Morgan fingerprint density at radius 3 is 2.27 bits per heavy atom. The highest BCUT2D eigenvalue weighted by Gasteiger charge is 2.44. The van der Waals surface area contributed by atoms with Crippen LogP contribution in [0.5, 0.6) is 0 Å². The van der Waals surface area contributed by atoms with Crippen molar-refractivity contribution >= 4 is 6.41 Å². The fraction of sp³-hybridized carbons (Fsp3) is 0.615. The number of aromatic nitrogens is 2. The van der Waals surface area contributed by atoms with Crippen LogP contribution < -0.4 is 0 Å². The molecule has 2 saturated carbocycles. The molecule has 4 heteroatoms. The van der Waals surface area contributed by atoms with E-state index in [1.54, 1.807) is 0 Å². The molecule has 0 radical (unpaired) electrons. The van der Waals surface area contributed by atoms with Gasteiger partial charge >= 0.3 is 0 Å². The van der Waals surface area contributed by atoms with Gasteiger partial charge in [0.05, 0.1) is 12.0 Å². The molecule has 1 aromatic carbocycles. The molecule has 0 unspecified atom stereocenters. The van der Waals surface area contributed by atoms with Crippen LogP contribution in [0.15, 0.2) is 36.8 Å². The fourth-order valence-electron chi connectivity index (χ4n) is 4.90. The Morgan fingerprint density at radius 2 is 1.77 bits per heavy atom. The molecule has 0 bridgehead atoms. The predicted molar refractivity (Wildman–Crippen MR) is 124 cm³/mol. The third-order valence-corrected chi connectivity index (χ3v) is 7.02. The topological polar surface area (TPSA) is 38.1 Å². The van der Waals surface area contributed by atoms with Crippen molar-refractivity contribution in [2.45, 2.75) is 71.6 Å². The maximum atomic E-state index is 10.8. The summed E-state index contributed by atoms with van der Waals surface area (Å²) in [4.78, 5) is 17.2. The van der Waals surface area contributed by atoms with Crippen molar-refractivity contribution in [2.75, 3.05) is 13.1 Å². The van der Waals surface area contributed by atoms with Crippen LogP contribution in [0.2, 0.25) is 0 Å². The second-order valence-electron chi connectivity index (χ2n) is 9.37. The minimum absolute atomic E-state index is 0.427. The second kappa shape index (κ2) is 10.3. The molecule has 164 valence electrons. The van der Waals surface area contributed by atoms with E-state index in [9.17, 15) is 4.79 Å². The molecule has 2 aromatic rings. The van der Waals surface area contributed by atoms with E-state index in [2.05, 4.69) is 42.4 Å². The molecule has 30 heavy (non-hydrogen) atoms. The van der Waals surface area contributed by atoms with Gasteiger partial charge in [0.2, 0.25) is 6.41 Å². The average Bonchev–Trinajstić information content (AvgIpc) is 3.19. The van der Waals surface area contributed by atoms with Crippen molar-refractivity contribution in [1.82, 2.24) is 14.5 Å². The first-order valence-electron chi connectivity index (χ1n) is 11.8. The standard InChI is InChI=1S/C19H23N3O.C5H10.C2H6/c1-21-10-18(20-13-21)17-4-2-3-16(9-17)15-5-7-19(8-6-15)11-22(12-19)14-23;1-5-3-2-4-5;1-2/h2-4,9-10,13-15H,5-8,11-12H2,1H3;5H,2-4H2,1H3;1-2H3. The van der Waals surface area contributed by atoms with Gasteiger partial charge < -0.3 is 9.47 Å². The minimum atomic E-state index is 0.427. The van der Waals surface area contributed by atoms with Gasteiger partial charge in [-0.2, -0.15) is 0 Å². The van der Waals surface area contributed by atoms with Gasteiger partial charge in [0.15, 0.2) is 0 Å². The maximum Gasteiger partial charge on any atom is 0.209 e. The summed E-state index contributed by atoms with van der Waals surface area (Å²) in [5.74, 6) is 1.71. The van der Waals surface area contributed by atoms with E-state index in [1.807, 2.05) is 36.7 Å². The quantitative estimate of drug-likeness (QED) is 0.580.